The van der Waals surface area contributed by atoms with E-state index >= 15 is 0 Å². The number of rotatable bonds is 2. The number of aliphatic hydroxyl groups excluding tert-OH is 1. The molecule has 3 rings (SSSR count). The summed E-state index contributed by atoms with van der Waals surface area (Å²) in [4.78, 5) is 8.19. The normalized spacial score (nSPS) is 25.7. The Labute approximate surface area is 109 Å². The van der Waals surface area contributed by atoms with E-state index in [4.69, 9.17) is 16.3 Å². The monoisotopic (exact) mass is 267 g/mol. The van der Waals surface area contributed by atoms with Crippen LogP contribution in [0, 0.1) is 0 Å². The summed E-state index contributed by atoms with van der Waals surface area (Å²) in [7, 11) is 0. The van der Waals surface area contributed by atoms with Gasteiger partial charge in [0, 0.05) is 6.20 Å². The average Bonchev–Trinajstić information content (AvgIpc) is 2.94. The minimum Gasteiger partial charge on any atom is -0.391 e. The molecule has 0 saturated carbocycles. The van der Waals surface area contributed by atoms with E-state index in [1.54, 1.807) is 6.92 Å². The largest absolute Gasteiger partial charge is 0.391 e. The van der Waals surface area contributed by atoms with Gasteiger partial charge in [-0.3, -0.25) is 0 Å². The lowest BCUT2D eigenvalue weighted by Crippen LogP contribution is -2.22. The van der Waals surface area contributed by atoms with Crippen LogP contribution in [0.4, 0.5) is 0 Å². The molecule has 5 nitrogen and oxygen atoms in total. The molecule has 0 amide bonds. The molecule has 1 aliphatic heterocycles. The summed E-state index contributed by atoms with van der Waals surface area (Å²) in [6, 6.07) is 1.89. The van der Waals surface area contributed by atoms with E-state index in [0.717, 1.165) is 23.9 Å². The van der Waals surface area contributed by atoms with Crippen molar-refractivity contribution in [1.82, 2.24) is 14.5 Å². The van der Waals surface area contributed by atoms with E-state index in [1.165, 1.54) is 6.33 Å². The van der Waals surface area contributed by atoms with E-state index < -0.39 is 6.10 Å². The fourth-order valence-corrected chi connectivity index (χ4v) is 2.57. The molecule has 1 fully saturated rings. The molecule has 1 unspecified atom stereocenters. The van der Waals surface area contributed by atoms with Crippen molar-refractivity contribution in [2.75, 3.05) is 0 Å². The van der Waals surface area contributed by atoms with Crippen LogP contribution in [0.3, 0.4) is 0 Å². The Kier molecular flexibility index (Phi) is 2.97. The second-order valence-corrected chi connectivity index (χ2v) is 4.93. The Morgan fingerprint density at radius 1 is 1.50 bits per heavy atom. The Morgan fingerprint density at radius 2 is 2.33 bits per heavy atom. The molecule has 1 aliphatic rings. The zero-order chi connectivity index (χ0) is 12.7. The second-order valence-electron chi connectivity index (χ2n) is 4.57. The Morgan fingerprint density at radius 3 is 3.06 bits per heavy atom. The summed E-state index contributed by atoms with van der Waals surface area (Å²) in [5.74, 6) is 0. The van der Waals surface area contributed by atoms with Crippen molar-refractivity contribution in [3.8, 4) is 0 Å². The first-order valence-corrected chi connectivity index (χ1v) is 6.35. The van der Waals surface area contributed by atoms with Crippen molar-refractivity contribution in [3.05, 3.63) is 23.7 Å². The first-order chi connectivity index (χ1) is 8.66. The number of hydrogen-bond donors (Lipinski definition) is 1. The van der Waals surface area contributed by atoms with Crippen molar-refractivity contribution < 1.29 is 9.84 Å². The molecule has 0 aromatic carbocycles. The zero-order valence-corrected chi connectivity index (χ0v) is 10.7. The lowest BCUT2D eigenvalue weighted by atomic mass is 10.1. The van der Waals surface area contributed by atoms with Gasteiger partial charge in [-0.15, -0.1) is 0 Å². The number of aliphatic hydroxyl groups is 1. The van der Waals surface area contributed by atoms with Crippen LogP contribution in [0.2, 0.25) is 5.15 Å². The third kappa shape index (κ3) is 1.88. The summed E-state index contributed by atoms with van der Waals surface area (Å²) in [6.07, 6.45) is 4.41. The summed E-state index contributed by atoms with van der Waals surface area (Å²) in [6.45, 7) is 1.75. The van der Waals surface area contributed by atoms with Crippen molar-refractivity contribution in [1.29, 1.82) is 0 Å². The van der Waals surface area contributed by atoms with Crippen LogP contribution in [-0.2, 0) is 4.74 Å². The lowest BCUT2D eigenvalue weighted by molar-refractivity contribution is -0.0513. The summed E-state index contributed by atoms with van der Waals surface area (Å²) < 4.78 is 7.77. The van der Waals surface area contributed by atoms with Gasteiger partial charge in [0.15, 0.2) is 0 Å². The first kappa shape index (κ1) is 11.9. The van der Waals surface area contributed by atoms with E-state index in [-0.39, 0.29) is 12.3 Å². The maximum absolute atomic E-state index is 9.54. The molecule has 3 heterocycles. The van der Waals surface area contributed by atoms with Gasteiger partial charge in [0.25, 0.3) is 0 Å². The van der Waals surface area contributed by atoms with Gasteiger partial charge >= 0.3 is 0 Å². The predicted molar refractivity (Wildman–Crippen MR) is 67.4 cm³/mol. The Bertz CT molecular complexity index is 569. The highest BCUT2D eigenvalue weighted by atomic mass is 35.5. The van der Waals surface area contributed by atoms with Gasteiger partial charge < -0.3 is 14.4 Å². The van der Waals surface area contributed by atoms with E-state index in [1.807, 2.05) is 16.8 Å². The van der Waals surface area contributed by atoms with E-state index in [9.17, 15) is 5.11 Å². The smallest absolute Gasteiger partial charge is 0.146 e. The predicted octanol–water partition coefficient (Wildman–Crippen LogP) is 2.14. The molecule has 6 heteroatoms. The number of ether oxygens (including phenoxy) is 1. The average molecular weight is 268 g/mol. The number of nitrogens with zero attached hydrogens (tertiary/aromatic N) is 3. The van der Waals surface area contributed by atoms with E-state index in [2.05, 4.69) is 9.97 Å². The van der Waals surface area contributed by atoms with Crippen LogP contribution < -0.4 is 0 Å². The molecule has 0 aliphatic carbocycles. The van der Waals surface area contributed by atoms with Crippen LogP contribution in [0.15, 0.2) is 18.6 Å². The SMILES string of the molecule is CC(O)[C@@H]1CC[C@H](n2ccc3c(Cl)ncnc32)O1. The molecule has 1 saturated heterocycles. The maximum atomic E-state index is 9.54. The van der Waals surface area contributed by atoms with Gasteiger partial charge in [0.05, 0.1) is 17.6 Å². The Balaban J connectivity index is 1.94. The van der Waals surface area contributed by atoms with Crippen LogP contribution in [-0.4, -0.2) is 31.8 Å². The highest BCUT2D eigenvalue weighted by Gasteiger charge is 2.30. The number of aromatic nitrogens is 3. The third-order valence-corrected chi connectivity index (χ3v) is 3.64. The molecule has 2 aromatic rings. The lowest BCUT2D eigenvalue weighted by Gasteiger charge is -2.17. The van der Waals surface area contributed by atoms with Crippen molar-refractivity contribution in [2.45, 2.75) is 38.2 Å². The fourth-order valence-electron chi connectivity index (χ4n) is 2.38. The minimum absolute atomic E-state index is 0.0898. The maximum Gasteiger partial charge on any atom is 0.146 e. The molecule has 0 bridgehead atoms. The van der Waals surface area contributed by atoms with Crippen LogP contribution in [0.25, 0.3) is 11.0 Å². The molecule has 2 aromatic heterocycles. The van der Waals surface area contributed by atoms with Crippen LogP contribution in [0.1, 0.15) is 26.0 Å². The fraction of sp³-hybridized carbons (Fsp3) is 0.500. The third-order valence-electron chi connectivity index (χ3n) is 3.34. The van der Waals surface area contributed by atoms with Gasteiger partial charge in [0.2, 0.25) is 0 Å². The molecule has 3 atom stereocenters. The highest BCUT2D eigenvalue weighted by molar-refractivity contribution is 6.33. The van der Waals surface area contributed by atoms with Gasteiger partial charge in [-0.2, -0.15) is 0 Å². The second kappa shape index (κ2) is 4.50. The molecule has 18 heavy (non-hydrogen) atoms. The van der Waals surface area contributed by atoms with Crippen molar-refractivity contribution in [3.63, 3.8) is 0 Å². The molecule has 0 spiro atoms. The highest BCUT2D eigenvalue weighted by Crippen LogP contribution is 2.33. The van der Waals surface area contributed by atoms with E-state index in [0.29, 0.717) is 5.15 Å². The van der Waals surface area contributed by atoms with Gasteiger partial charge in [0.1, 0.15) is 23.4 Å². The van der Waals surface area contributed by atoms with Crippen molar-refractivity contribution in [2.24, 2.45) is 0 Å². The molecule has 96 valence electrons. The van der Waals surface area contributed by atoms with Gasteiger partial charge in [-0.25, -0.2) is 9.97 Å². The van der Waals surface area contributed by atoms with Crippen molar-refractivity contribution >= 4 is 22.6 Å². The topological polar surface area (TPSA) is 60.2 Å². The first-order valence-electron chi connectivity index (χ1n) is 5.97. The van der Waals surface area contributed by atoms with Crippen LogP contribution in [0.5, 0.6) is 0 Å². The molecule has 0 radical (unpaired) electrons. The quantitative estimate of drug-likeness (QED) is 0.847. The van der Waals surface area contributed by atoms with Gasteiger partial charge in [-0.05, 0) is 25.8 Å². The number of halogens is 1. The van der Waals surface area contributed by atoms with Gasteiger partial charge in [-0.1, -0.05) is 11.6 Å². The molecule has 1 N–H and O–H groups in total. The minimum atomic E-state index is -0.449. The standard InChI is InChI=1S/C12H14ClN3O2/c1-7(17)9-2-3-10(18-9)16-5-4-8-11(13)14-6-15-12(8)16/h4-7,9-10,17H,2-3H2,1H3/t7?,9-,10+/m0/s1. The number of fused-ring (bicyclic) bond motifs is 1. The zero-order valence-electron chi connectivity index (χ0n) is 9.95. The van der Waals surface area contributed by atoms with Crippen LogP contribution >= 0.6 is 11.6 Å². The number of hydrogen-bond acceptors (Lipinski definition) is 4. The molecular formula is C12H14ClN3O2. The summed E-state index contributed by atoms with van der Waals surface area (Å²) in [5.41, 5.74) is 0.770. The Hall–Kier alpha value is -1.17. The summed E-state index contributed by atoms with van der Waals surface area (Å²) in [5, 5.41) is 10.8. The molecular weight excluding hydrogens is 254 g/mol. The summed E-state index contributed by atoms with van der Waals surface area (Å²) >= 11 is 6.01.